The second-order valence-corrected chi connectivity index (χ2v) is 6.57. The van der Waals surface area contributed by atoms with Gasteiger partial charge in [0.1, 0.15) is 0 Å². The van der Waals surface area contributed by atoms with Crippen molar-refractivity contribution in [2.75, 3.05) is 26.7 Å². The molecule has 0 bridgehead atoms. The fourth-order valence-corrected chi connectivity index (χ4v) is 3.86. The van der Waals surface area contributed by atoms with Crippen molar-refractivity contribution in [1.82, 2.24) is 10.2 Å². The molecule has 1 aliphatic rings. The smallest absolute Gasteiger partial charge is 0.0413 e. The average molecular weight is 266 g/mol. The molecule has 1 saturated heterocycles. The molecule has 0 aromatic carbocycles. The minimum atomic E-state index is 0.603. The van der Waals surface area contributed by atoms with Crippen molar-refractivity contribution < 1.29 is 0 Å². The van der Waals surface area contributed by atoms with Crippen LogP contribution in [0.1, 0.15) is 42.5 Å². The zero-order valence-electron chi connectivity index (χ0n) is 11.9. The highest BCUT2D eigenvalue weighted by atomic mass is 32.1. The molecule has 0 spiro atoms. The van der Waals surface area contributed by atoms with E-state index >= 15 is 0 Å². The van der Waals surface area contributed by atoms with Gasteiger partial charge in [-0.3, -0.25) is 4.90 Å². The van der Waals surface area contributed by atoms with Crippen molar-refractivity contribution in [2.24, 2.45) is 5.92 Å². The highest BCUT2D eigenvalue weighted by Crippen LogP contribution is 2.30. The Morgan fingerprint density at radius 2 is 2.11 bits per heavy atom. The zero-order chi connectivity index (χ0) is 13.0. The molecule has 2 heterocycles. The van der Waals surface area contributed by atoms with Crippen molar-refractivity contribution >= 4 is 11.3 Å². The van der Waals surface area contributed by atoms with Crippen molar-refractivity contribution in [2.45, 2.75) is 39.2 Å². The number of piperidine rings is 1. The molecule has 0 radical (unpaired) electrons. The first-order valence-corrected chi connectivity index (χ1v) is 8.03. The first-order valence-electron chi connectivity index (χ1n) is 7.21. The molecule has 102 valence electrons. The Hall–Kier alpha value is -0.380. The number of hydrogen-bond donors (Lipinski definition) is 1. The van der Waals surface area contributed by atoms with Crippen LogP contribution < -0.4 is 5.32 Å². The molecule has 1 N–H and O–H groups in total. The summed E-state index contributed by atoms with van der Waals surface area (Å²) in [6, 6.07) is 5.23. The predicted molar refractivity (Wildman–Crippen MR) is 80.3 cm³/mol. The monoisotopic (exact) mass is 266 g/mol. The lowest BCUT2D eigenvalue weighted by atomic mass is 9.96. The molecule has 2 rings (SSSR count). The quantitative estimate of drug-likeness (QED) is 0.879. The average Bonchev–Trinajstić information content (AvgIpc) is 2.88. The summed E-state index contributed by atoms with van der Waals surface area (Å²) in [4.78, 5) is 5.71. The molecule has 1 aromatic rings. The minimum Gasteiger partial charge on any atom is -0.319 e. The Kier molecular flexibility index (Phi) is 5.22. The molecule has 0 amide bonds. The Morgan fingerprint density at radius 1 is 1.39 bits per heavy atom. The van der Waals surface area contributed by atoms with Crippen LogP contribution in [0.5, 0.6) is 0 Å². The van der Waals surface area contributed by atoms with Gasteiger partial charge >= 0.3 is 0 Å². The molecular weight excluding hydrogens is 240 g/mol. The number of likely N-dealkylation sites (tertiary alicyclic amines) is 1. The molecule has 1 unspecified atom stereocenters. The van der Waals surface area contributed by atoms with Crippen LogP contribution in [0, 0.1) is 5.92 Å². The van der Waals surface area contributed by atoms with Gasteiger partial charge in [0, 0.05) is 15.8 Å². The summed E-state index contributed by atoms with van der Waals surface area (Å²) in [5.74, 6) is 0.882. The normalized spacial score (nSPS) is 20.2. The van der Waals surface area contributed by atoms with Crippen LogP contribution >= 0.6 is 11.3 Å². The van der Waals surface area contributed by atoms with E-state index in [-0.39, 0.29) is 0 Å². The van der Waals surface area contributed by atoms with Gasteiger partial charge < -0.3 is 5.32 Å². The summed E-state index contributed by atoms with van der Waals surface area (Å²) >= 11 is 1.99. The molecule has 1 atom stereocenters. The maximum Gasteiger partial charge on any atom is 0.0413 e. The third-order valence-electron chi connectivity index (χ3n) is 4.13. The number of thiophene rings is 1. The maximum atomic E-state index is 3.31. The van der Waals surface area contributed by atoms with Gasteiger partial charge in [0.05, 0.1) is 0 Å². The number of rotatable bonds is 5. The molecule has 2 nitrogen and oxygen atoms in total. The van der Waals surface area contributed by atoms with E-state index in [1.54, 1.807) is 4.88 Å². The zero-order valence-corrected chi connectivity index (χ0v) is 12.7. The van der Waals surface area contributed by atoms with E-state index in [9.17, 15) is 0 Å². The Labute approximate surface area is 115 Å². The second kappa shape index (κ2) is 6.69. The highest BCUT2D eigenvalue weighted by Gasteiger charge is 2.23. The molecular formula is C15H26N2S. The third kappa shape index (κ3) is 3.34. The van der Waals surface area contributed by atoms with E-state index in [4.69, 9.17) is 0 Å². The molecule has 0 aliphatic carbocycles. The van der Waals surface area contributed by atoms with Crippen LogP contribution in [0.25, 0.3) is 0 Å². The van der Waals surface area contributed by atoms with Gasteiger partial charge in [0.15, 0.2) is 0 Å². The molecule has 18 heavy (non-hydrogen) atoms. The van der Waals surface area contributed by atoms with E-state index in [0.29, 0.717) is 6.04 Å². The van der Waals surface area contributed by atoms with E-state index in [1.807, 2.05) is 11.3 Å². The lowest BCUT2D eigenvalue weighted by Gasteiger charge is -2.35. The number of nitrogens with one attached hydrogen (secondary N) is 1. The van der Waals surface area contributed by atoms with Gasteiger partial charge in [-0.2, -0.15) is 0 Å². The molecule has 0 saturated carbocycles. The van der Waals surface area contributed by atoms with Crippen molar-refractivity contribution in [1.29, 1.82) is 0 Å². The summed E-state index contributed by atoms with van der Waals surface area (Å²) in [7, 11) is 2.06. The van der Waals surface area contributed by atoms with Gasteiger partial charge in [0.25, 0.3) is 0 Å². The van der Waals surface area contributed by atoms with Crippen LogP contribution in [-0.4, -0.2) is 31.6 Å². The van der Waals surface area contributed by atoms with Crippen LogP contribution in [0.15, 0.2) is 12.1 Å². The predicted octanol–water partition coefficient (Wildman–Crippen LogP) is 3.30. The lowest BCUT2D eigenvalue weighted by Crippen LogP contribution is -2.37. The summed E-state index contributed by atoms with van der Waals surface area (Å²) in [6.45, 7) is 8.30. The summed E-state index contributed by atoms with van der Waals surface area (Å²) in [5, 5.41) is 3.31. The standard InChI is InChI=1S/C15H26N2S/c1-4-14-5-6-15(18-14)12(2)17-9-7-13(8-10-17)11-16-3/h5-6,12-13,16H,4,7-11H2,1-3H3. The van der Waals surface area contributed by atoms with Gasteiger partial charge in [-0.05, 0) is 70.9 Å². The van der Waals surface area contributed by atoms with Crippen LogP contribution in [0.3, 0.4) is 0 Å². The van der Waals surface area contributed by atoms with Crippen LogP contribution in [0.2, 0.25) is 0 Å². The number of aryl methyl sites for hydroxylation is 1. The Morgan fingerprint density at radius 3 is 2.67 bits per heavy atom. The molecule has 3 heteroatoms. The largest absolute Gasteiger partial charge is 0.319 e. The van der Waals surface area contributed by atoms with Gasteiger partial charge in [-0.25, -0.2) is 0 Å². The van der Waals surface area contributed by atoms with E-state index in [0.717, 1.165) is 5.92 Å². The third-order valence-corrected chi connectivity index (χ3v) is 5.53. The fraction of sp³-hybridized carbons (Fsp3) is 0.733. The molecule has 1 aromatic heterocycles. The number of nitrogens with zero attached hydrogens (tertiary/aromatic N) is 1. The van der Waals surface area contributed by atoms with Crippen LogP contribution in [0.4, 0.5) is 0 Å². The first-order chi connectivity index (χ1) is 8.74. The summed E-state index contributed by atoms with van der Waals surface area (Å²) in [6.07, 6.45) is 3.86. The van der Waals surface area contributed by atoms with Crippen LogP contribution in [-0.2, 0) is 6.42 Å². The molecule has 1 aliphatic heterocycles. The maximum absolute atomic E-state index is 3.31. The van der Waals surface area contributed by atoms with E-state index < -0.39 is 0 Å². The summed E-state index contributed by atoms with van der Waals surface area (Å²) in [5.41, 5.74) is 0. The van der Waals surface area contributed by atoms with Gasteiger partial charge in [-0.15, -0.1) is 11.3 Å². The Balaban J connectivity index is 1.88. The fourth-order valence-electron chi connectivity index (χ4n) is 2.82. The molecule has 1 fully saturated rings. The first kappa shape index (κ1) is 14.0. The minimum absolute atomic E-state index is 0.603. The van der Waals surface area contributed by atoms with Crippen molar-refractivity contribution in [3.8, 4) is 0 Å². The highest BCUT2D eigenvalue weighted by molar-refractivity contribution is 7.12. The second-order valence-electron chi connectivity index (χ2n) is 5.37. The van der Waals surface area contributed by atoms with Gasteiger partial charge in [0.2, 0.25) is 0 Å². The van der Waals surface area contributed by atoms with E-state index in [1.165, 1.54) is 43.8 Å². The SMILES string of the molecule is CCc1ccc(C(C)N2CCC(CNC)CC2)s1. The summed E-state index contributed by atoms with van der Waals surface area (Å²) < 4.78 is 0. The van der Waals surface area contributed by atoms with E-state index in [2.05, 4.69) is 43.2 Å². The van der Waals surface area contributed by atoms with Crippen molar-refractivity contribution in [3.05, 3.63) is 21.9 Å². The van der Waals surface area contributed by atoms with Crippen molar-refractivity contribution in [3.63, 3.8) is 0 Å². The van der Waals surface area contributed by atoms with Gasteiger partial charge in [-0.1, -0.05) is 6.92 Å². The topological polar surface area (TPSA) is 15.3 Å². The Bertz CT molecular complexity index is 353. The number of hydrogen-bond acceptors (Lipinski definition) is 3. The lowest BCUT2D eigenvalue weighted by molar-refractivity contribution is 0.143.